The van der Waals surface area contributed by atoms with E-state index in [0.717, 1.165) is 34.9 Å². The molecule has 0 aliphatic carbocycles. The Morgan fingerprint density at radius 3 is 2.71 bits per heavy atom. The number of anilines is 1. The number of thioether (sulfide) groups is 1. The van der Waals surface area contributed by atoms with Crippen LogP contribution in [0.25, 0.3) is 16.7 Å². The lowest BCUT2D eigenvalue weighted by atomic mass is 10.1. The molecule has 9 nitrogen and oxygen atoms in total. The van der Waals surface area contributed by atoms with Gasteiger partial charge in [-0.15, -0.1) is 10.2 Å². The molecular formula is C27H27N7O2S2. The van der Waals surface area contributed by atoms with E-state index < -0.39 is 5.91 Å². The number of benzene rings is 1. The molecule has 5 rings (SSSR count). The van der Waals surface area contributed by atoms with Crippen molar-refractivity contribution in [2.24, 2.45) is 0 Å². The van der Waals surface area contributed by atoms with Crippen LogP contribution >= 0.6 is 23.1 Å². The lowest BCUT2D eigenvalue weighted by Gasteiger charge is -2.15. The van der Waals surface area contributed by atoms with Crippen LogP contribution < -0.4 is 16.4 Å². The van der Waals surface area contributed by atoms with Gasteiger partial charge in [0, 0.05) is 18.5 Å². The molecule has 0 fully saturated rings. The number of nitrogens with zero attached hydrogens (tertiary/aromatic N) is 5. The largest absolute Gasteiger partial charge is 0.310 e. The van der Waals surface area contributed by atoms with Gasteiger partial charge in [0.2, 0.25) is 5.13 Å². The van der Waals surface area contributed by atoms with Gasteiger partial charge in [-0.1, -0.05) is 79.3 Å². The molecule has 1 amide bonds. The monoisotopic (exact) mass is 545 g/mol. The average Bonchev–Trinajstić information content (AvgIpc) is 3.37. The first kappa shape index (κ1) is 25.8. The number of pyridine rings is 2. The molecule has 4 aromatic heterocycles. The Kier molecular flexibility index (Phi) is 7.66. The number of unbranched alkanes of at least 4 members (excludes halogenated alkanes) is 2. The van der Waals surface area contributed by atoms with Gasteiger partial charge in [0.05, 0.1) is 10.9 Å². The second-order valence-corrected chi connectivity index (χ2v) is 11.1. The molecule has 38 heavy (non-hydrogen) atoms. The van der Waals surface area contributed by atoms with E-state index >= 15 is 0 Å². The summed E-state index contributed by atoms with van der Waals surface area (Å²) in [5.41, 5.74) is 2.81. The van der Waals surface area contributed by atoms with Crippen molar-refractivity contribution in [2.45, 2.75) is 49.7 Å². The van der Waals surface area contributed by atoms with Gasteiger partial charge in [-0.2, -0.15) is 0 Å². The Hall–Kier alpha value is -3.83. The van der Waals surface area contributed by atoms with E-state index in [4.69, 9.17) is 10.4 Å². The minimum absolute atomic E-state index is 0.0131. The lowest BCUT2D eigenvalue weighted by Crippen LogP contribution is -2.32. The number of amides is 1. The summed E-state index contributed by atoms with van der Waals surface area (Å²) in [5, 5.41) is 20.6. The Labute approximate surface area is 227 Å². The van der Waals surface area contributed by atoms with Crippen LogP contribution in [0.15, 0.2) is 63.9 Å². The fourth-order valence-electron chi connectivity index (χ4n) is 4.21. The van der Waals surface area contributed by atoms with E-state index in [-0.39, 0.29) is 16.6 Å². The standard InChI is InChI=1S/C27H27N7O2S2/c1-3-4-8-13-33-21(28)19(15-20-23(33)29-22-17(2)10-9-14-34(22)25(20)36)24(35)30-26-31-32-27(38-26)37-16-18-11-6-5-7-12-18/h5-7,9-12,14-15,28H,3-4,8,13,16H2,1-2H3,(H,30,31,35). The highest BCUT2D eigenvalue weighted by atomic mass is 32.2. The van der Waals surface area contributed by atoms with E-state index in [9.17, 15) is 9.59 Å². The van der Waals surface area contributed by atoms with E-state index in [1.54, 1.807) is 28.6 Å². The van der Waals surface area contributed by atoms with Gasteiger partial charge in [-0.25, -0.2) is 4.98 Å². The maximum absolute atomic E-state index is 13.5. The number of hydrogen-bond acceptors (Lipinski definition) is 8. The number of carbonyl (C=O) groups excluding carboxylic acids is 1. The number of hydrogen-bond donors (Lipinski definition) is 2. The molecule has 11 heteroatoms. The van der Waals surface area contributed by atoms with Gasteiger partial charge in [0.25, 0.3) is 11.5 Å². The summed E-state index contributed by atoms with van der Waals surface area (Å²) in [7, 11) is 0. The highest BCUT2D eigenvalue weighted by molar-refractivity contribution is 8.00. The molecule has 0 spiro atoms. The van der Waals surface area contributed by atoms with Crippen LogP contribution in [0.1, 0.15) is 47.7 Å². The Morgan fingerprint density at radius 2 is 1.92 bits per heavy atom. The van der Waals surface area contributed by atoms with Crippen molar-refractivity contribution in [3.8, 4) is 0 Å². The molecule has 0 bridgehead atoms. The fraction of sp³-hybridized carbons (Fsp3) is 0.259. The summed E-state index contributed by atoms with van der Waals surface area (Å²) in [4.78, 5) is 31.6. The molecule has 1 aromatic carbocycles. The highest BCUT2D eigenvalue weighted by Gasteiger charge is 2.19. The minimum atomic E-state index is -0.509. The number of rotatable bonds is 9. The molecule has 0 radical (unpaired) electrons. The summed E-state index contributed by atoms with van der Waals surface area (Å²) >= 11 is 2.82. The van der Waals surface area contributed by atoms with E-state index in [2.05, 4.69) is 22.4 Å². The third-order valence-corrected chi connectivity index (χ3v) is 8.24. The SMILES string of the molecule is CCCCCn1c(=N)c(C(=O)Nc2nnc(SCc3ccccc3)s2)cc2c(=O)n3cccc(C)c3nc21. The van der Waals surface area contributed by atoms with Crippen LogP contribution in [0.5, 0.6) is 0 Å². The smallest absolute Gasteiger partial charge is 0.267 e. The molecule has 0 aliphatic rings. The van der Waals surface area contributed by atoms with Crippen LogP contribution in [0.4, 0.5) is 5.13 Å². The zero-order chi connectivity index (χ0) is 26.6. The Morgan fingerprint density at radius 1 is 1.11 bits per heavy atom. The molecule has 2 N–H and O–H groups in total. The highest BCUT2D eigenvalue weighted by Crippen LogP contribution is 2.28. The number of carbonyl (C=O) groups is 1. The topological polar surface area (TPSA) is 118 Å². The van der Waals surface area contributed by atoms with Crippen LogP contribution in [0.2, 0.25) is 0 Å². The molecule has 0 unspecified atom stereocenters. The average molecular weight is 546 g/mol. The molecule has 5 aromatic rings. The van der Waals surface area contributed by atoms with Crippen molar-refractivity contribution in [3.63, 3.8) is 0 Å². The van der Waals surface area contributed by atoms with Crippen LogP contribution in [0, 0.1) is 12.3 Å². The summed E-state index contributed by atoms with van der Waals surface area (Å²) in [6.45, 7) is 4.48. The van der Waals surface area contributed by atoms with Gasteiger partial charge in [0.1, 0.15) is 16.8 Å². The summed E-state index contributed by atoms with van der Waals surface area (Å²) in [6.07, 6.45) is 4.44. The molecule has 4 heterocycles. The second-order valence-electron chi connectivity index (χ2n) is 8.91. The lowest BCUT2D eigenvalue weighted by molar-refractivity contribution is 0.102. The zero-order valence-corrected chi connectivity index (χ0v) is 22.7. The Balaban J connectivity index is 1.49. The summed E-state index contributed by atoms with van der Waals surface area (Å²) in [5.74, 6) is 0.234. The van der Waals surface area contributed by atoms with E-state index in [1.165, 1.54) is 27.4 Å². The number of fused-ring (bicyclic) bond motifs is 2. The van der Waals surface area contributed by atoms with Gasteiger partial charge < -0.3 is 4.57 Å². The third-order valence-electron chi connectivity index (χ3n) is 6.20. The molecule has 0 aliphatic heterocycles. The predicted octanol–water partition coefficient (Wildman–Crippen LogP) is 5.02. The van der Waals surface area contributed by atoms with Crippen LogP contribution in [-0.2, 0) is 12.3 Å². The first-order valence-electron chi connectivity index (χ1n) is 12.4. The van der Waals surface area contributed by atoms with Gasteiger partial charge >= 0.3 is 0 Å². The summed E-state index contributed by atoms with van der Waals surface area (Å²) in [6, 6.07) is 15.2. The number of aromatic nitrogens is 5. The fourth-order valence-corrected chi connectivity index (χ4v) is 5.91. The zero-order valence-electron chi connectivity index (χ0n) is 21.1. The maximum atomic E-state index is 13.5. The number of aryl methyl sites for hydroxylation is 2. The van der Waals surface area contributed by atoms with Crippen molar-refractivity contribution < 1.29 is 4.79 Å². The van der Waals surface area contributed by atoms with Crippen molar-refractivity contribution >= 4 is 50.8 Å². The summed E-state index contributed by atoms with van der Waals surface area (Å²) < 4.78 is 3.89. The van der Waals surface area contributed by atoms with Gasteiger partial charge in [-0.3, -0.25) is 24.7 Å². The van der Waals surface area contributed by atoms with Crippen molar-refractivity contribution in [3.05, 3.63) is 87.3 Å². The van der Waals surface area contributed by atoms with Gasteiger partial charge in [0.15, 0.2) is 4.34 Å². The predicted molar refractivity (Wildman–Crippen MR) is 151 cm³/mol. The van der Waals surface area contributed by atoms with E-state index in [1.807, 2.05) is 43.3 Å². The molecular weight excluding hydrogens is 518 g/mol. The third kappa shape index (κ3) is 5.25. The van der Waals surface area contributed by atoms with Crippen molar-refractivity contribution in [1.82, 2.24) is 24.1 Å². The Bertz CT molecular complexity index is 1740. The van der Waals surface area contributed by atoms with Crippen molar-refractivity contribution in [1.29, 1.82) is 5.41 Å². The van der Waals surface area contributed by atoms with Crippen LogP contribution in [-0.4, -0.2) is 30.1 Å². The van der Waals surface area contributed by atoms with Crippen LogP contribution in [0.3, 0.4) is 0 Å². The maximum Gasteiger partial charge on any atom is 0.267 e. The molecule has 194 valence electrons. The second kappa shape index (κ2) is 11.3. The molecule has 0 saturated heterocycles. The first-order valence-corrected chi connectivity index (χ1v) is 14.2. The van der Waals surface area contributed by atoms with E-state index in [0.29, 0.717) is 28.4 Å². The first-order chi connectivity index (χ1) is 18.5. The molecule has 0 atom stereocenters. The normalized spacial score (nSPS) is 11.3. The molecule has 0 saturated carbocycles. The minimum Gasteiger partial charge on any atom is -0.310 e. The quantitative estimate of drug-likeness (QED) is 0.116. The van der Waals surface area contributed by atoms with Gasteiger partial charge in [-0.05, 0) is 36.6 Å². The number of nitrogens with one attached hydrogen (secondary N) is 2. The van der Waals surface area contributed by atoms with Crippen molar-refractivity contribution in [2.75, 3.05) is 5.32 Å².